The van der Waals surface area contributed by atoms with Crippen molar-refractivity contribution in [2.24, 2.45) is 0 Å². The van der Waals surface area contributed by atoms with Crippen LogP contribution >= 0.6 is 0 Å². The first kappa shape index (κ1) is 15.7. The minimum absolute atomic E-state index is 0. The Bertz CT molecular complexity index is 22.0. The normalized spacial score (nSPS) is 4.50. The summed E-state index contributed by atoms with van der Waals surface area (Å²) in [5.41, 5.74) is 0. The van der Waals surface area contributed by atoms with Gasteiger partial charge in [-0.15, -0.1) is 0 Å². The van der Waals surface area contributed by atoms with Crippen LogP contribution in [0.25, 0.3) is 0 Å². The summed E-state index contributed by atoms with van der Waals surface area (Å²) in [6.45, 7) is 0. The SMILES string of the molecule is OB(O)O.[Ca+2].[H-].[H-].[SiH4]. The van der Waals surface area contributed by atoms with Crippen molar-refractivity contribution in [1.29, 1.82) is 0 Å². The van der Waals surface area contributed by atoms with E-state index in [1.807, 2.05) is 0 Å². The van der Waals surface area contributed by atoms with Crippen molar-refractivity contribution in [3.8, 4) is 0 Å². The van der Waals surface area contributed by atoms with E-state index < -0.39 is 7.32 Å². The van der Waals surface area contributed by atoms with Crippen LogP contribution in [0.4, 0.5) is 0 Å². The molecule has 0 bridgehead atoms. The van der Waals surface area contributed by atoms with Gasteiger partial charge in [0.15, 0.2) is 0 Å². The Labute approximate surface area is 73.5 Å². The van der Waals surface area contributed by atoms with Crippen molar-refractivity contribution in [1.82, 2.24) is 0 Å². The number of hydrogen-bond donors (Lipinski definition) is 3. The third-order valence-corrected chi connectivity index (χ3v) is 0. The van der Waals surface area contributed by atoms with E-state index in [1.165, 1.54) is 0 Å². The molecule has 3 nitrogen and oxygen atoms in total. The number of hydrogen-bond acceptors (Lipinski definition) is 3. The Kier molecular flexibility index (Phi) is 25.2. The zero-order valence-corrected chi connectivity index (χ0v) is 4.83. The molecule has 0 fully saturated rings. The Morgan fingerprint density at radius 3 is 1.17 bits per heavy atom. The van der Waals surface area contributed by atoms with Crippen LogP contribution in [0, 0.1) is 0 Å². The Morgan fingerprint density at radius 2 is 1.17 bits per heavy atom. The molecular weight excluding hydrogens is 127 g/mol. The number of rotatable bonds is 0. The van der Waals surface area contributed by atoms with E-state index in [9.17, 15) is 0 Å². The van der Waals surface area contributed by atoms with E-state index in [0.29, 0.717) is 0 Å². The minimum Gasteiger partial charge on any atom is -1.00 e. The first-order valence-corrected chi connectivity index (χ1v) is 0.775. The molecule has 0 aromatic carbocycles. The van der Waals surface area contributed by atoms with Crippen molar-refractivity contribution in [3.63, 3.8) is 0 Å². The maximum Gasteiger partial charge on any atom is 2.00 e. The van der Waals surface area contributed by atoms with E-state index >= 15 is 0 Å². The zero-order chi connectivity index (χ0) is 3.58. The van der Waals surface area contributed by atoms with Crippen LogP contribution in [0.5, 0.6) is 0 Å². The predicted molar refractivity (Wildman–Crippen MR) is 31.7 cm³/mol. The molecule has 36 valence electrons. The summed E-state index contributed by atoms with van der Waals surface area (Å²) in [6, 6.07) is 0. The monoisotopic (exact) mass is 136 g/mol. The fourth-order valence-corrected chi connectivity index (χ4v) is 0. The second-order valence-corrected chi connectivity index (χ2v) is 0.346. The molecule has 0 aromatic rings. The maximum atomic E-state index is 7.17. The Morgan fingerprint density at radius 1 is 1.17 bits per heavy atom. The van der Waals surface area contributed by atoms with Crippen molar-refractivity contribution in [2.75, 3.05) is 0 Å². The summed E-state index contributed by atoms with van der Waals surface area (Å²) >= 11 is 0. The molecule has 3 N–H and O–H groups in total. The molecule has 0 amide bonds. The molecule has 6 heteroatoms. The third kappa shape index (κ3) is 52.4. The zero-order valence-electron chi connectivity index (χ0n) is 4.63. The van der Waals surface area contributed by atoms with Crippen LogP contribution in [-0.2, 0) is 0 Å². The van der Waals surface area contributed by atoms with Gasteiger partial charge in [-0.1, -0.05) is 0 Å². The maximum absolute atomic E-state index is 7.17. The van der Waals surface area contributed by atoms with Gasteiger partial charge < -0.3 is 17.9 Å². The molecule has 0 heterocycles. The smallest absolute Gasteiger partial charge is 1.00 e. The molecule has 0 saturated carbocycles. The van der Waals surface area contributed by atoms with Crippen molar-refractivity contribution < 1.29 is 17.9 Å². The molecule has 0 atom stereocenters. The van der Waals surface area contributed by atoms with Gasteiger partial charge in [0.1, 0.15) is 0 Å². The van der Waals surface area contributed by atoms with Gasteiger partial charge in [0, 0.05) is 0 Å². The largest absolute Gasteiger partial charge is 2.00 e. The van der Waals surface area contributed by atoms with E-state index in [0.717, 1.165) is 0 Å². The van der Waals surface area contributed by atoms with Gasteiger partial charge in [0.2, 0.25) is 0 Å². The van der Waals surface area contributed by atoms with Crippen LogP contribution in [0.15, 0.2) is 0 Å². The van der Waals surface area contributed by atoms with E-state index in [2.05, 4.69) is 0 Å². The van der Waals surface area contributed by atoms with E-state index in [-0.39, 0.29) is 51.6 Å². The fourth-order valence-electron chi connectivity index (χ4n) is 0. The average Bonchev–Trinajstić information content (AvgIpc) is 0.811. The molecule has 6 heavy (non-hydrogen) atoms. The molecule has 0 aliphatic heterocycles. The van der Waals surface area contributed by atoms with Gasteiger partial charge in [0.05, 0.1) is 0 Å². The molecule has 0 saturated heterocycles. The first-order valence-electron chi connectivity index (χ1n) is 0.775. The van der Waals surface area contributed by atoms with E-state index in [1.54, 1.807) is 0 Å². The molecule has 0 unspecified atom stereocenters. The molecular formula is H9BCaO3Si. The molecule has 0 rings (SSSR count). The van der Waals surface area contributed by atoms with Crippen LogP contribution in [-0.4, -0.2) is 71.1 Å². The van der Waals surface area contributed by atoms with Crippen molar-refractivity contribution >= 4 is 56.0 Å². The minimum atomic E-state index is -2.17. The second-order valence-electron chi connectivity index (χ2n) is 0.346. The molecule has 0 aromatic heterocycles. The molecule has 0 radical (unpaired) electrons. The van der Waals surface area contributed by atoms with Crippen molar-refractivity contribution in [2.45, 2.75) is 0 Å². The average molecular weight is 136 g/mol. The van der Waals surface area contributed by atoms with E-state index in [4.69, 9.17) is 15.1 Å². The van der Waals surface area contributed by atoms with Crippen LogP contribution < -0.4 is 0 Å². The van der Waals surface area contributed by atoms with Gasteiger partial charge in [-0.2, -0.15) is 0 Å². The summed E-state index contributed by atoms with van der Waals surface area (Å²) in [7, 11) is -2.17. The van der Waals surface area contributed by atoms with Crippen LogP contribution in [0.1, 0.15) is 2.85 Å². The first-order chi connectivity index (χ1) is 1.73. The van der Waals surface area contributed by atoms with Gasteiger partial charge in [-0.3, -0.25) is 0 Å². The standard InChI is InChI=1S/BH3O3.Ca.H4Si.2H/c2-1(3)4;;;;/h2-4H;;1H4;;/q;+2;;2*-1. The predicted octanol–water partition coefficient (Wildman–Crippen LogP) is -3.66. The fraction of sp³-hybridized carbons (Fsp3) is 0. The van der Waals surface area contributed by atoms with Gasteiger partial charge in [-0.05, 0) is 11.0 Å². The third-order valence-electron chi connectivity index (χ3n) is 0. The molecule has 0 aliphatic rings. The van der Waals surface area contributed by atoms with Gasteiger partial charge in [0.25, 0.3) is 0 Å². The molecule has 0 spiro atoms. The summed E-state index contributed by atoms with van der Waals surface area (Å²) < 4.78 is 0. The molecule has 0 aliphatic carbocycles. The Balaban J connectivity index is -0.00000000750. The summed E-state index contributed by atoms with van der Waals surface area (Å²) in [5.74, 6) is 0. The summed E-state index contributed by atoms with van der Waals surface area (Å²) in [4.78, 5) is 0. The Hall–Kier alpha value is 1.42. The van der Waals surface area contributed by atoms with Gasteiger partial charge >= 0.3 is 45.1 Å². The van der Waals surface area contributed by atoms with Crippen molar-refractivity contribution in [3.05, 3.63) is 0 Å². The van der Waals surface area contributed by atoms with Gasteiger partial charge in [-0.25, -0.2) is 0 Å². The summed E-state index contributed by atoms with van der Waals surface area (Å²) in [5, 5.41) is 21.5. The second kappa shape index (κ2) is 9.65. The quantitative estimate of drug-likeness (QED) is 0.301. The van der Waals surface area contributed by atoms with Crippen LogP contribution in [0.3, 0.4) is 0 Å². The van der Waals surface area contributed by atoms with Crippen LogP contribution in [0.2, 0.25) is 0 Å². The summed E-state index contributed by atoms with van der Waals surface area (Å²) in [6.07, 6.45) is 0. The topological polar surface area (TPSA) is 60.7 Å².